The molecule has 0 aliphatic rings. The minimum Gasteiger partial charge on any atom is -0.490 e. The highest BCUT2D eigenvalue weighted by molar-refractivity contribution is 5.95. The molecule has 0 atom stereocenters. The van der Waals surface area contributed by atoms with Crippen LogP contribution in [0.3, 0.4) is 0 Å². The number of benzene rings is 2. The number of fused-ring (bicyclic) bond motifs is 1. The van der Waals surface area contributed by atoms with Gasteiger partial charge in [-0.05, 0) is 49.6 Å². The topological polar surface area (TPSA) is 69.4 Å². The van der Waals surface area contributed by atoms with Crippen molar-refractivity contribution < 1.29 is 14.0 Å². The summed E-state index contributed by atoms with van der Waals surface area (Å²) in [6.07, 6.45) is 3.35. The maximum Gasteiger partial charge on any atom is 0.161 e. The molecule has 0 fully saturated rings. The Morgan fingerprint density at radius 3 is 2.36 bits per heavy atom. The van der Waals surface area contributed by atoms with Crippen LogP contribution >= 0.6 is 0 Å². The summed E-state index contributed by atoms with van der Waals surface area (Å²) in [5.74, 6) is 2.22. The van der Waals surface area contributed by atoms with Crippen molar-refractivity contribution in [1.29, 1.82) is 0 Å². The maximum absolute atomic E-state index is 5.76. The number of rotatable bonds is 7. The van der Waals surface area contributed by atoms with Crippen LogP contribution in [0.2, 0.25) is 0 Å². The van der Waals surface area contributed by atoms with Crippen LogP contribution in [0, 0.1) is 0 Å². The number of nitrogens with one attached hydrogen (secondary N) is 1. The number of anilines is 2. The van der Waals surface area contributed by atoms with Crippen LogP contribution < -0.4 is 14.8 Å². The fraction of sp³-hybridized carbons (Fsp3) is 0.182. The molecular weight excluding hydrogens is 354 g/mol. The van der Waals surface area contributed by atoms with Gasteiger partial charge in [0.15, 0.2) is 11.5 Å². The van der Waals surface area contributed by atoms with Crippen molar-refractivity contribution in [1.82, 2.24) is 10.1 Å². The number of nitrogens with zero attached hydrogens (tertiary/aromatic N) is 2. The lowest BCUT2D eigenvalue weighted by Crippen LogP contribution is -2.00. The summed E-state index contributed by atoms with van der Waals surface area (Å²) < 4.78 is 16.4. The maximum atomic E-state index is 5.76. The standard InChI is InChI=1S/C22H21N3O3/c1-3-26-20-13-16-9-11-23-22(18(16)14-21(20)27-4-2)24-17-7-5-15(6-8-17)19-10-12-28-25-19/h5-14H,3-4H2,1-2H3,(H,23,24). The number of hydrogen-bond donors (Lipinski definition) is 1. The molecule has 0 saturated heterocycles. The molecule has 0 aliphatic heterocycles. The van der Waals surface area contributed by atoms with E-state index in [1.54, 1.807) is 12.5 Å². The normalized spacial score (nSPS) is 10.8. The van der Waals surface area contributed by atoms with Gasteiger partial charge in [-0.25, -0.2) is 4.98 Å². The first-order valence-corrected chi connectivity index (χ1v) is 9.24. The van der Waals surface area contributed by atoms with Gasteiger partial charge in [-0.1, -0.05) is 17.3 Å². The van der Waals surface area contributed by atoms with Gasteiger partial charge in [-0.15, -0.1) is 0 Å². The van der Waals surface area contributed by atoms with E-state index in [0.29, 0.717) is 19.0 Å². The third-order valence-corrected chi connectivity index (χ3v) is 4.31. The first-order valence-electron chi connectivity index (χ1n) is 9.24. The second-order valence-electron chi connectivity index (χ2n) is 6.13. The second kappa shape index (κ2) is 8.00. The van der Waals surface area contributed by atoms with Crippen LogP contribution in [0.25, 0.3) is 22.0 Å². The van der Waals surface area contributed by atoms with E-state index in [-0.39, 0.29) is 0 Å². The van der Waals surface area contributed by atoms with Crippen molar-refractivity contribution in [2.45, 2.75) is 13.8 Å². The fourth-order valence-corrected chi connectivity index (χ4v) is 3.04. The Morgan fingerprint density at radius 2 is 1.68 bits per heavy atom. The lowest BCUT2D eigenvalue weighted by Gasteiger charge is -2.14. The lowest BCUT2D eigenvalue weighted by molar-refractivity contribution is 0.288. The van der Waals surface area contributed by atoms with Gasteiger partial charge < -0.3 is 19.3 Å². The van der Waals surface area contributed by atoms with Crippen LogP contribution in [0.1, 0.15) is 13.8 Å². The molecule has 28 heavy (non-hydrogen) atoms. The van der Waals surface area contributed by atoms with Crippen molar-refractivity contribution in [3.8, 4) is 22.8 Å². The molecule has 0 saturated carbocycles. The van der Waals surface area contributed by atoms with E-state index in [1.807, 2.05) is 62.4 Å². The van der Waals surface area contributed by atoms with Crippen molar-refractivity contribution in [3.05, 3.63) is 61.0 Å². The van der Waals surface area contributed by atoms with Crippen LogP contribution in [-0.4, -0.2) is 23.4 Å². The average molecular weight is 375 g/mol. The third kappa shape index (κ3) is 3.62. The zero-order valence-electron chi connectivity index (χ0n) is 15.8. The van der Waals surface area contributed by atoms with E-state index in [0.717, 1.165) is 39.3 Å². The van der Waals surface area contributed by atoms with E-state index < -0.39 is 0 Å². The molecule has 0 radical (unpaired) electrons. The van der Waals surface area contributed by atoms with Crippen molar-refractivity contribution in [2.75, 3.05) is 18.5 Å². The molecule has 142 valence electrons. The SMILES string of the molecule is CCOc1cc2ccnc(Nc3ccc(-c4ccon4)cc3)c2cc1OCC. The molecule has 2 aromatic heterocycles. The van der Waals surface area contributed by atoms with Gasteiger partial charge in [0.05, 0.1) is 13.2 Å². The number of pyridine rings is 1. The van der Waals surface area contributed by atoms with Crippen LogP contribution in [0.15, 0.2) is 65.5 Å². The first-order chi connectivity index (χ1) is 13.8. The van der Waals surface area contributed by atoms with E-state index in [9.17, 15) is 0 Å². The molecule has 0 bridgehead atoms. The summed E-state index contributed by atoms with van der Waals surface area (Å²) in [5.41, 5.74) is 2.73. The van der Waals surface area contributed by atoms with Gasteiger partial charge in [-0.2, -0.15) is 0 Å². The number of hydrogen-bond acceptors (Lipinski definition) is 6. The summed E-state index contributed by atoms with van der Waals surface area (Å²) >= 11 is 0. The third-order valence-electron chi connectivity index (χ3n) is 4.31. The van der Waals surface area contributed by atoms with Crippen LogP contribution in [0.5, 0.6) is 11.5 Å². The van der Waals surface area contributed by atoms with Gasteiger partial charge in [-0.3, -0.25) is 0 Å². The molecule has 2 heterocycles. The Kier molecular flexibility index (Phi) is 5.10. The second-order valence-corrected chi connectivity index (χ2v) is 6.13. The Hall–Kier alpha value is -3.54. The van der Waals surface area contributed by atoms with Gasteiger partial charge >= 0.3 is 0 Å². The summed E-state index contributed by atoms with van der Waals surface area (Å²) in [4.78, 5) is 4.52. The minimum absolute atomic E-state index is 0.568. The smallest absolute Gasteiger partial charge is 0.161 e. The molecule has 0 unspecified atom stereocenters. The molecule has 0 aliphatic carbocycles. The largest absolute Gasteiger partial charge is 0.490 e. The van der Waals surface area contributed by atoms with Crippen LogP contribution in [0.4, 0.5) is 11.5 Å². The highest BCUT2D eigenvalue weighted by Crippen LogP contribution is 2.36. The Bertz CT molecular complexity index is 1060. The fourth-order valence-electron chi connectivity index (χ4n) is 3.04. The van der Waals surface area contributed by atoms with E-state index in [1.165, 1.54) is 0 Å². The summed E-state index contributed by atoms with van der Waals surface area (Å²) in [6, 6.07) is 15.7. The highest BCUT2D eigenvalue weighted by atomic mass is 16.5. The van der Waals surface area contributed by atoms with Crippen molar-refractivity contribution in [2.24, 2.45) is 0 Å². The lowest BCUT2D eigenvalue weighted by atomic mass is 10.1. The predicted molar refractivity (Wildman–Crippen MR) is 109 cm³/mol. The summed E-state index contributed by atoms with van der Waals surface area (Å²) in [6.45, 7) is 5.07. The predicted octanol–water partition coefficient (Wildman–Crippen LogP) is 5.43. The quantitative estimate of drug-likeness (QED) is 0.464. The number of ether oxygens (including phenoxy) is 2. The van der Waals surface area contributed by atoms with Crippen molar-refractivity contribution >= 4 is 22.3 Å². The van der Waals surface area contributed by atoms with E-state index in [2.05, 4.69) is 15.5 Å². The molecule has 1 N–H and O–H groups in total. The molecule has 4 rings (SSSR count). The van der Waals surface area contributed by atoms with E-state index >= 15 is 0 Å². The van der Waals surface area contributed by atoms with Gasteiger partial charge in [0, 0.05) is 28.9 Å². The van der Waals surface area contributed by atoms with Crippen LogP contribution in [-0.2, 0) is 0 Å². The van der Waals surface area contributed by atoms with Gasteiger partial charge in [0.25, 0.3) is 0 Å². The van der Waals surface area contributed by atoms with E-state index in [4.69, 9.17) is 14.0 Å². The zero-order valence-corrected chi connectivity index (χ0v) is 15.8. The average Bonchev–Trinajstić information content (AvgIpc) is 3.25. The molecule has 6 heteroatoms. The Morgan fingerprint density at radius 1 is 0.929 bits per heavy atom. The monoisotopic (exact) mass is 375 g/mol. The molecule has 4 aromatic rings. The van der Waals surface area contributed by atoms with Gasteiger partial charge in [0.2, 0.25) is 0 Å². The molecule has 2 aromatic carbocycles. The highest BCUT2D eigenvalue weighted by Gasteiger charge is 2.11. The van der Waals surface area contributed by atoms with Gasteiger partial charge in [0.1, 0.15) is 17.8 Å². The Balaban J connectivity index is 1.67. The molecule has 0 amide bonds. The summed E-state index contributed by atoms with van der Waals surface area (Å²) in [7, 11) is 0. The molecule has 6 nitrogen and oxygen atoms in total. The first kappa shape index (κ1) is 17.9. The minimum atomic E-state index is 0.568. The molecular formula is C22H21N3O3. The zero-order chi connectivity index (χ0) is 19.3. The Labute approximate surface area is 163 Å². The molecule has 0 spiro atoms. The van der Waals surface area contributed by atoms with Crippen molar-refractivity contribution in [3.63, 3.8) is 0 Å². The summed E-state index contributed by atoms with van der Waals surface area (Å²) in [5, 5.41) is 9.35. The number of aromatic nitrogens is 2.